The summed E-state index contributed by atoms with van der Waals surface area (Å²) in [5.41, 5.74) is 9.85. The van der Waals surface area contributed by atoms with E-state index in [2.05, 4.69) is 36.9 Å². The molecule has 0 amide bonds. The molecule has 1 aliphatic heterocycles. The maximum atomic E-state index is 5.68. The van der Waals surface area contributed by atoms with Crippen LogP contribution in [-0.4, -0.2) is 13.1 Å². The second-order valence-electron chi connectivity index (χ2n) is 5.11. The monoisotopic (exact) mass is 218 g/mol. The van der Waals surface area contributed by atoms with E-state index in [-0.39, 0.29) is 0 Å². The average Bonchev–Trinajstić information content (AvgIpc) is 2.28. The molecule has 0 aliphatic carbocycles. The highest BCUT2D eigenvalue weighted by Gasteiger charge is 2.17. The van der Waals surface area contributed by atoms with Gasteiger partial charge in [0.05, 0.1) is 0 Å². The van der Waals surface area contributed by atoms with E-state index in [1.54, 1.807) is 0 Å². The molecule has 0 radical (unpaired) electrons. The molecule has 2 nitrogen and oxygen atoms in total. The fourth-order valence-electron chi connectivity index (χ4n) is 2.49. The van der Waals surface area contributed by atoms with Crippen LogP contribution in [0.15, 0.2) is 18.2 Å². The van der Waals surface area contributed by atoms with Crippen molar-refractivity contribution < 1.29 is 0 Å². The highest BCUT2D eigenvalue weighted by atomic mass is 15.1. The minimum atomic E-state index is 0.650. The molecule has 88 valence electrons. The third-order valence-electron chi connectivity index (χ3n) is 3.18. The zero-order chi connectivity index (χ0) is 11.5. The van der Waals surface area contributed by atoms with Gasteiger partial charge < -0.3 is 10.6 Å². The molecule has 1 aromatic rings. The first kappa shape index (κ1) is 11.5. The first-order valence-corrected chi connectivity index (χ1v) is 6.27. The van der Waals surface area contributed by atoms with Crippen LogP contribution in [0.3, 0.4) is 0 Å². The second-order valence-corrected chi connectivity index (χ2v) is 5.11. The number of aryl methyl sites for hydroxylation is 1. The number of hydrogen-bond acceptors (Lipinski definition) is 2. The van der Waals surface area contributed by atoms with Gasteiger partial charge in [0.15, 0.2) is 0 Å². The summed E-state index contributed by atoms with van der Waals surface area (Å²) < 4.78 is 0. The van der Waals surface area contributed by atoms with Gasteiger partial charge in [0, 0.05) is 25.3 Å². The van der Waals surface area contributed by atoms with Crippen LogP contribution in [0, 0.1) is 5.92 Å². The summed E-state index contributed by atoms with van der Waals surface area (Å²) in [6.07, 6.45) is 2.48. The highest BCUT2D eigenvalue weighted by molar-refractivity contribution is 5.56. The number of nitrogens with two attached hydrogens (primary N) is 1. The molecule has 0 bridgehead atoms. The third kappa shape index (κ3) is 2.38. The van der Waals surface area contributed by atoms with Gasteiger partial charge in [-0.1, -0.05) is 26.0 Å². The van der Waals surface area contributed by atoms with E-state index in [9.17, 15) is 0 Å². The van der Waals surface area contributed by atoms with Crippen LogP contribution >= 0.6 is 0 Å². The Bertz CT molecular complexity index is 358. The lowest BCUT2D eigenvalue weighted by molar-refractivity contribution is 0.584. The zero-order valence-electron chi connectivity index (χ0n) is 10.4. The molecular weight excluding hydrogens is 196 g/mol. The fraction of sp³-hybridized carbons (Fsp3) is 0.571. The Morgan fingerprint density at radius 3 is 2.88 bits per heavy atom. The molecule has 1 aromatic carbocycles. The standard InChI is InChI=1S/C14H22N2/c1-11(2)10-16-7-3-4-13-8-12(9-15)5-6-14(13)16/h5-6,8,11H,3-4,7,9-10,15H2,1-2H3. The number of rotatable bonds is 3. The molecule has 1 aliphatic rings. The molecule has 0 aromatic heterocycles. The van der Waals surface area contributed by atoms with E-state index >= 15 is 0 Å². The number of hydrogen-bond donors (Lipinski definition) is 1. The molecule has 16 heavy (non-hydrogen) atoms. The van der Waals surface area contributed by atoms with Gasteiger partial charge >= 0.3 is 0 Å². The number of fused-ring (bicyclic) bond motifs is 1. The van der Waals surface area contributed by atoms with Gasteiger partial charge in [0.25, 0.3) is 0 Å². The van der Waals surface area contributed by atoms with Crippen molar-refractivity contribution in [2.75, 3.05) is 18.0 Å². The quantitative estimate of drug-likeness (QED) is 0.845. The van der Waals surface area contributed by atoms with Gasteiger partial charge in [-0.15, -0.1) is 0 Å². The Kier molecular flexibility index (Phi) is 3.49. The van der Waals surface area contributed by atoms with Crippen LogP contribution in [0.1, 0.15) is 31.4 Å². The van der Waals surface area contributed by atoms with Crippen LogP contribution < -0.4 is 10.6 Å². The fourth-order valence-corrected chi connectivity index (χ4v) is 2.49. The van der Waals surface area contributed by atoms with Crippen molar-refractivity contribution in [1.29, 1.82) is 0 Å². The van der Waals surface area contributed by atoms with E-state index in [1.807, 2.05) is 0 Å². The number of anilines is 1. The van der Waals surface area contributed by atoms with Crippen molar-refractivity contribution in [3.63, 3.8) is 0 Å². The van der Waals surface area contributed by atoms with Gasteiger partial charge in [0.2, 0.25) is 0 Å². The lowest BCUT2D eigenvalue weighted by Gasteiger charge is -2.33. The zero-order valence-corrected chi connectivity index (χ0v) is 10.4. The third-order valence-corrected chi connectivity index (χ3v) is 3.18. The molecule has 2 heteroatoms. The van der Waals surface area contributed by atoms with E-state index in [1.165, 1.54) is 36.2 Å². The normalized spacial score (nSPS) is 15.4. The molecular formula is C14H22N2. The van der Waals surface area contributed by atoms with Crippen molar-refractivity contribution >= 4 is 5.69 Å². The van der Waals surface area contributed by atoms with E-state index < -0.39 is 0 Å². The Morgan fingerprint density at radius 2 is 2.19 bits per heavy atom. The molecule has 2 rings (SSSR count). The molecule has 1 heterocycles. The van der Waals surface area contributed by atoms with Crippen molar-refractivity contribution in [2.24, 2.45) is 11.7 Å². The molecule has 0 atom stereocenters. The largest absolute Gasteiger partial charge is 0.371 e. The SMILES string of the molecule is CC(C)CN1CCCc2cc(CN)ccc21. The average molecular weight is 218 g/mol. The summed E-state index contributed by atoms with van der Waals surface area (Å²) in [5, 5.41) is 0. The summed E-state index contributed by atoms with van der Waals surface area (Å²) >= 11 is 0. The lowest BCUT2D eigenvalue weighted by Crippen LogP contribution is -2.32. The molecule has 0 unspecified atom stereocenters. The van der Waals surface area contributed by atoms with Crippen molar-refractivity contribution in [2.45, 2.75) is 33.2 Å². The highest BCUT2D eigenvalue weighted by Crippen LogP contribution is 2.28. The predicted octanol–water partition coefficient (Wildman–Crippen LogP) is 2.55. The van der Waals surface area contributed by atoms with Gasteiger partial charge in [0.1, 0.15) is 0 Å². The minimum absolute atomic E-state index is 0.650. The number of benzene rings is 1. The van der Waals surface area contributed by atoms with Gasteiger partial charge in [-0.05, 0) is 36.0 Å². The summed E-state index contributed by atoms with van der Waals surface area (Å²) in [6, 6.07) is 6.69. The maximum Gasteiger partial charge on any atom is 0.0399 e. The summed E-state index contributed by atoms with van der Waals surface area (Å²) in [4.78, 5) is 2.52. The Hall–Kier alpha value is -1.02. The second kappa shape index (κ2) is 4.88. The predicted molar refractivity (Wildman–Crippen MR) is 69.7 cm³/mol. The Morgan fingerprint density at radius 1 is 1.38 bits per heavy atom. The van der Waals surface area contributed by atoms with Gasteiger partial charge in [-0.2, -0.15) is 0 Å². The lowest BCUT2D eigenvalue weighted by atomic mass is 9.98. The first-order chi connectivity index (χ1) is 7.70. The molecule has 0 fully saturated rings. The van der Waals surface area contributed by atoms with Crippen molar-refractivity contribution in [3.8, 4) is 0 Å². The van der Waals surface area contributed by atoms with Crippen LogP contribution in [0.4, 0.5) is 5.69 Å². The van der Waals surface area contributed by atoms with Crippen LogP contribution in [-0.2, 0) is 13.0 Å². The topological polar surface area (TPSA) is 29.3 Å². The Labute approximate surface area is 98.4 Å². The molecule has 2 N–H and O–H groups in total. The summed E-state index contributed by atoms with van der Waals surface area (Å²) in [5.74, 6) is 0.722. The first-order valence-electron chi connectivity index (χ1n) is 6.27. The van der Waals surface area contributed by atoms with Gasteiger partial charge in [-0.25, -0.2) is 0 Å². The smallest absolute Gasteiger partial charge is 0.0399 e. The number of nitrogens with zero attached hydrogens (tertiary/aromatic N) is 1. The molecule has 0 spiro atoms. The van der Waals surface area contributed by atoms with E-state index in [4.69, 9.17) is 5.73 Å². The summed E-state index contributed by atoms with van der Waals surface area (Å²) in [7, 11) is 0. The van der Waals surface area contributed by atoms with Crippen molar-refractivity contribution in [3.05, 3.63) is 29.3 Å². The molecule has 0 saturated carbocycles. The van der Waals surface area contributed by atoms with Crippen molar-refractivity contribution in [1.82, 2.24) is 0 Å². The Balaban J connectivity index is 2.25. The van der Waals surface area contributed by atoms with Crippen LogP contribution in [0.2, 0.25) is 0 Å². The van der Waals surface area contributed by atoms with E-state index in [0.717, 1.165) is 12.5 Å². The van der Waals surface area contributed by atoms with Gasteiger partial charge in [-0.3, -0.25) is 0 Å². The van der Waals surface area contributed by atoms with Crippen LogP contribution in [0.25, 0.3) is 0 Å². The maximum absolute atomic E-state index is 5.68. The minimum Gasteiger partial charge on any atom is -0.371 e. The van der Waals surface area contributed by atoms with Crippen LogP contribution in [0.5, 0.6) is 0 Å². The summed E-state index contributed by atoms with van der Waals surface area (Å²) in [6.45, 7) is 7.57. The molecule has 0 saturated heterocycles. The van der Waals surface area contributed by atoms with E-state index in [0.29, 0.717) is 6.54 Å².